The van der Waals surface area contributed by atoms with Gasteiger partial charge >= 0.3 is 0 Å². The average Bonchev–Trinajstić information content (AvgIpc) is 2.64. The van der Waals surface area contributed by atoms with Gasteiger partial charge in [0.2, 0.25) is 5.91 Å². The molecule has 1 fully saturated rings. The maximum Gasteiger partial charge on any atom is 0.222 e. The molecule has 1 saturated heterocycles. The molecule has 0 spiro atoms. The zero-order valence-corrected chi connectivity index (χ0v) is 10.6. The molecular formula is C10H14ClN3OS. The Balaban J connectivity index is 2.01. The molecule has 0 radical (unpaired) electrons. The number of hydrogen-bond acceptors (Lipinski definition) is 4. The van der Waals surface area contributed by atoms with Crippen LogP contribution in [-0.2, 0) is 11.3 Å². The minimum atomic E-state index is 0.212. The fourth-order valence-electron chi connectivity index (χ4n) is 1.85. The van der Waals surface area contributed by atoms with E-state index in [1.54, 1.807) is 0 Å². The van der Waals surface area contributed by atoms with Crippen molar-refractivity contribution < 1.29 is 4.79 Å². The van der Waals surface area contributed by atoms with Crippen molar-refractivity contribution >= 4 is 29.0 Å². The Bertz CT molecular complexity index is 369. The van der Waals surface area contributed by atoms with E-state index in [-0.39, 0.29) is 5.91 Å². The molecule has 0 atom stereocenters. The van der Waals surface area contributed by atoms with E-state index in [0.717, 1.165) is 25.1 Å². The SMILES string of the molecule is O=C1CCCCCCN1Cc1nnsc1Cl. The van der Waals surface area contributed by atoms with Crippen LogP contribution in [0.15, 0.2) is 0 Å². The van der Waals surface area contributed by atoms with Crippen molar-refractivity contribution in [1.29, 1.82) is 0 Å². The molecule has 88 valence electrons. The third-order valence-corrected chi connectivity index (χ3v) is 3.76. The Morgan fingerprint density at radius 3 is 2.88 bits per heavy atom. The molecule has 2 rings (SSSR count). The number of amides is 1. The van der Waals surface area contributed by atoms with Crippen LogP contribution in [-0.4, -0.2) is 26.9 Å². The summed E-state index contributed by atoms with van der Waals surface area (Å²) < 4.78 is 4.37. The Morgan fingerprint density at radius 1 is 1.31 bits per heavy atom. The number of halogens is 1. The standard InChI is InChI=1S/C10H14ClN3OS/c11-10-8(12-13-16-10)7-14-6-4-2-1-3-5-9(14)15/h1-7H2. The minimum Gasteiger partial charge on any atom is -0.337 e. The van der Waals surface area contributed by atoms with E-state index in [1.165, 1.54) is 24.4 Å². The summed E-state index contributed by atoms with van der Waals surface area (Å²) in [6, 6.07) is 0. The van der Waals surface area contributed by atoms with Gasteiger partial charge in [-0.15, -0.1) is 5.10 Å². The van der Waals surface area contributed by atoms with Gasteiger partial charge < -0.3 is 4.90 Å². The minimum absolute atomic E-state index is 0.212. The van der Waals surface area contributed by atoms with Gasteiger partial charge in [0.1, 0.15) is 10.0 Å². The third-order valence-electron chi connectivity index (χ3n) is 2.77. The lowest BCUT2D eigenvalue weighted by atomic mass is 10.1. The van der Waals surface area contributed by atoms with Crippen LogP contribution in [0.4, 0.5) is 0 Å². The highest BCUT2D eigenvalue weighted by Crippen LogP contribution is 2.20. The molecule has 6 heteroatoms. The molecule has 1 aromatic rings. The van der Waals surface area contributed by atoms with Crippen LogP contribution in [0.3, 0.4) is 0 Å². The predicted molar refractivity (Wildman–Crippen MR) is 63.4 cm³/mol. The molecule has 1 aliphatic rings. The van der Waals surface area contributed by atoms with E-state index in [2.05, 4.69) is 9.59 Å². The molecule has 0 bridgehead atoms. The number of hydrogen-bond donors (Lipinski definition) is 0. The van der Waals surface area contributed by atoms with E-state index < -0.39 is 0 Å². The summed E-state index contributed by atoms with van der Waals surface area (Å²) in [6.45, 7) is 1.32. The molecular weight excluding hydrogens is 246 g/mol. The molecule has 1 aliphatic heterocycles. The Kier molecular flexibility index (Phi) is 4.12. The van der Waals surface area contributed by atoms with Crippen molar-refractivity contribution in [2.45, 2.75) is 38.6 Å². The van der Waals surface area contributed by atoms with Crippen LogP contribution >= 0.6 is 23.1 Å². The van der Waals surface area contributed by atoms with E-state index in [4.69, 9.17) is 11.6 Å². The largest absolute Gasteiger partial charge is 0.337 e. The highest BCUT2D eigenvalue weighted by molar-refractivity contribution is 7.10. The van der Waals surface area contributed by atoms with E-state index in [1.807, 2.05) is 4.90 Å². The number of carbonyl (C=O) groups excluding carboxylic acids is 1. The molecule has 0 aliphatic carbocycles. The zero-order valence-electron chi connectivity index (χ0n) is 8.99. The van der Waals surface area contributed by atoms with Crippen molar-refractivity contribution in [2.24, 2.45) is 0 Å². The Labute approximate surface area is 104 Å². The lowest BCUT2D eigenvalue weighted by Crippen LogP contribution is -2.32. The first-order valence-corrected chi connectivity index (χ1v) is 6.67. The van der Waals surface area contributed by atoms with Gasteiger partial charge in [-0.3, -0.25) is 4.79 Å². The number of likely N-dealkylation sites (tertiary alicyclic amines) is 1. The molecule has 0 saturated carbocycles. The summed E-state index contributed by atoms with van der Waals surface area (Å²) in [7, 11) is 0. The summed E-state index contributed by atoms with van der Waals surface area (Å²) in [5.41, 5.74) is 0.723. The van der Waals surface area contributed by atoms with Gasteiger partial charge in [-0.2, -0.15) is 0 Å². The average molecular weight is 260 g/mol. The molecule has 0 N–H and O–H groups in total. The van der Waals surface area contributed by atoms with Crippen LogP contribution < -0.4 is 0 Å². The summed E-state index contributed by atoms with van der Waals surface area (Å²) in [5, 5.41) is 3.94. The lowest BCUT2D eigenvalue weighted by molar-refractivity contribution is -0.132. The van der Waals surface area contributed by atoms with Gasteiger partial charge in [0.15, 0.2) is 0 Å². The molecule has 0 unspecified atom stereocenters. The summed E-state index contributed by atoms with van der Waals surface area (Å²) in [4.78, 5) is 13.7. The first kappa shape index (κ1) is 11.8. The van der Waals surface area contributed by atoms with E-state index >= 15 is 0 Å². The number of rotatable bonds is 2. The second kappa shape index (κ2) is 5.59. The van der Waals surface area contributed by atoms with Gasteiger partial charge in [0.25, 0.3) is 0 Å². The monoisotopic (exact) mass is 259 g/mol. The third kappa shape index (κ3) is 2.92. The van der Waals surface area contributed by atoms with Crippen LogP contribution in [0.1, 0.15) is 37.8 Å². The van der Waals surface area contributed by atoms with Gasteiger partial charge in [0.05, 0.1) is 6.54 Å². The predicted octanol–water partition coefficient (Wildman–Crippen LogP) is 2.48. The van der Waals surface area contributed by atoms with Crippen LogP contribution in [0, 0.1) is 0 Å². The van der Waals surface area contributed by atoms with Gasteiger partial charge in [-0.05, 0) is 12.8 Å². The summed E-state index contributed by atoms with van der Waals surface area (Å²) >= 11 is 7.11. The second-order valence-corrected chi connectivity index (χ2v) is 5.33. The van der Waals surface area contributed by atoms with Gasteiger partial charge in [0, 0.05) is 24.5 Å². The maximum atomic E-state index is 11.8. The van der Waals surface area contributed by atoms with E-state index in [9.17, 15) is 4.79 Å². The maximum absolute atomic E-state index is 11.8. The highest BCUT2D eigenvalue weighted by atomic mass is 35.5. The van der Waals surface area contributed by atoms with Crippen molar-refractivity contribution in [1.82, 2.24) is 14.5 Å². The fraction of sp³-hybridized carbons (Fsp3) is 0.700. The topological polar surface area (TPSA) is 46.1 Å². The molecule has 2 heterocycles. The Morgan fingerprint density at radius 2 is 2.12 bits per heavy atom. The zero-order chi connectivity index (χ0) is 11.4. The molecule has 1 aromatic heterocycles. The Hall–Kier alpha value is -0.680. The van der Waals surface area contributed by atoms with Crippen LogP contribution in [0.25, 0.3) is 0 Å². The van der Waals surface area contributed by atoms with Crippen molar-refractivity contribution in [3.8, 4) is 0 Å². The number of aromatic nitrogens is 2. The highest BCUT2D eigenvalue weighted by Gasteiger charge is 2.18. The number of nitrogens with zero attached hydrogens (tertiary/aromatic N) is 3. The first-order valence-electron chi connectivity index (χ1n) is 5.52. The van der Waals surface area contributed by atoms with Crippen molar-refractivity contribution in [3.63, 3.8) is 0 Å². The second-order valence-electron chi connectivity index (χ2n) is 3.97. The van der Waals surface area contributed by atoms with Gasteiger partial charge in [-0.25, -0.2) is 0 Å². The lowest BCUT2D eigenvalue weighted by Gasteiger charge is -2.23. The summed E-state index contributed by atoms with van der Waals surface area (Å²) in [6.07, 6.45) is 5.08. The molecule has 4 nitrogen and oxygen atoms in total. The summed E-state index contributed by atoms with van der Waals surface area (Å²) in [5.74, 6) is 0.212. The normalized spacial score (nSPS) is 18.3. The fourth-order valence-corrected chi connectivity index (χ4v) is 2.47. The smallest absolute Gasteiger partial charge is 0.222 e. The molecule has 1 amide bonds. The van der Waals surface area contributed by atoms with Crippen molar-refractivity contribution in [3.05, 3.63) is 10.0 Å². The van der Waals surface area contributed by atoms with Gasteiger partial charge in [-0.1, -0.05) is 28.9 Å². The van der Waals surface area contributed by atoms with Crippen LogP contribution in [0.5, 0.6) is 0 Å². The van der Waals surface area contributed by atoms with Crippen molar-refractivity contribution in [2.75, 3.05) is 6.54 Å². The first-order chi connectivity index (χ1) is 7.77. The molecule has 16 heavy (non-hydrogen) atoms. The van der Waals surface area contributed by atoms with E-state index in [0.29, 0.717) is 17.3 Å². The van der Waals surface area contributed by atoms with Crippen LogP contribution in [0.2, 0.25) is 4.34 Å². The molecule has 0 aromatic carbocycles. The number of carbonyl (C=O) groups is 1. The quantitative estimate of drug-likeness (QED) is 0.820.